The Balaban J connectivity index is 1.37. The largest absolute Gasteiger partial charge is 0.306 e. The van der Waals surface area contributed by atoms with Gasteiger partial charge in [-0.15, -0.1) is 5.10 Å². The van der Waals surface area contributed by atoms with E-state index in [9.17, 15) is 0 Å². The smallest absolute Gasteiger partial charge is 0.150 e. The van der Waals surface area contributed by atoms with E-state index in [2.05, 4.69) is 32.6 Å². The van der Waals surface area contributed by atoms with Gasteiger partial charge in [0.2, 0.25) is 0 Å². The maximum atomic E-state index is 4.56. The second-order valence-corrected chi connectivity index (χ2v) is 6.09. The highest BCUT2D eigenvalue weighted by Gasteiger charge is 2.21. The van der Waals surface area contributed by atoms with E-state index >= 15 is 0 Å². The van der Waals surface area contributed by atoms with E-state index in [0.29, 0.717) is 12.6 Å². The fraction of sp³-hybridized carbons (Fsp3) is 0.412. The van der Waals surface area contributed by atoms with Crippen LogP contribution in [0, 0.1) is 0 Å². The van der Waals surface area contributed by atoms with Gasteiger partial charge < -0.3 is 5.32 Å². The average molecular weight is 323 g/mol. The van der Waals surface area contributed by atoms with Crippen LogP contribution < -0.4 is 5.32 Å². The molecule has 0 bridgehead atoms. The van der Waals surface area contributed by atoms with E-state index in [4.69, 9.17) is 0 Å². The molecule has 1 atom stereocenters. The first kappa shape index (κ1) is 15.0. The molecule has 3 aromatic rings. The van der Waals surface area contributed by atoms with Crippen molar-refractivity contribution < 1.29 is 0 Å². The van der Waals surface area contributed by atoms with Crippen molar-refractivity contribution in [2.45, 2.75) is 45.3 Å². The van der Waals surface area contributed by atoms with E-state index < -0.39 is 0 Å². The summed E-state index contributed by atoms with van der Waals surface area (Å²) in [7, 11) is 0. The molecule has 0 saturated heterocycles. The van der Waals surface area contributed by atoms with Gasteiger partial charge in [0.05, 0.1) is 24.1 Å². The van der Waals surface area contributed by atoms with Crippen molar-refractivity contribution in [1.29, 1.82) is 0 Å². The molecule has 7 heteroatoms. The minimum atomic E-state index is 0.394. The van der Waals surface area contributed by atoms with Crippen molar-refractivity contribution in [3.05, 3.63) is 53.9 Å². The maximum absolute atomic E-state index is 4.56. The van der Waals surface area contributed by atoms with Crippen LogP contribution in [0.2, 0.25) is 0 Å². The maximum Gasteiger partial charge on any atom is 0.150 e. The van der Waals surface area contributed by atoms with Gasteiger partial charge in [0.25, 0.3) is 0 Å². The standard InChI is InChI=1S/C17H21N7/c1-2-16-19-17-9-8-13(11-24(17)21-16)18-10-14-12-23(22-20-14)15-6-4-3-5-7-15/h3-7,12-13,18H,2,8-11H2,1H3/t13-/m0/s1. The Hall–Kier alpha value is -2.54. The summed E-state index contributed by atoms with van der Waals surface area (Å²) >= 11 is 0. The monoisotopic (exact) mass is 323 g/mol. The van der Waals surface area contributed by atoms with Crippen LogP contribution in [0.15, 0.2) is 36.5 Å². The molecule has 0 spiro atoms. The predicted molar refractivity (Wildman–Crippen MR) is 89.7 cm³/mol. The van der Waals surface area contributed by atoms with Crippen molar-refractivity contribution >= 4 is 0 Å². The minimum Gasteiger partial charge on any atom is -0.306 e. The average Bonchev–Trinajstić information content (AvgIpc) is 3.27. The molecule has 0 aliphatic carbocycles. The van der Waals surface area contributed by atoms with E-state index in [1.54, 1.807) is 4.68 Å². The first-order chi connectivity index (χ1) is 11.8. The van der Waals surface area contributed by atoms with E-state index in [-0.39, 0.29) is 0 Å². The number of hydrogen-bond donors (Lipinski definition) is 1. The molecule has 124 valence electrons. The van der Waals surface area contributed by atoms with Gasteiger partial charge in [-0.3, -0.25) is 0 Å². The van der Waals surface area contributed by atoms with Gasteiger partial charge in [-0.2, -0.15) is 5.10 Å². The topological polar surface area (TPSA) is 73.5 Å². The number of nitrogens with zero attached hydrogens (tertiary/aromatic N) is 6. The molecule has 0 unspecified atom stereocenters. The van der Waals surface area contributed by atoms with Crippen molar-refractivity contribution in [1.82, 2.24) is 35.1 Å². The van der Waals surface area contributed by atoms with Gasteiger partial charge in [-0.25, -0.2) is 14.3 Å². The zero-order valence-electron chi connectivity index (χ0n) is 13.8. The zero-order chi connectivity index (χ0) is 16.4. The molecule has 0 saturated carbocycles. The summed E-state index contributed by atoms with van der Waals surface area (Å²) in [6.07, 6.45) is 4.91. The lowest BCUT2D eigenvalue weighted by molar-refractivity contribution is 0.356. The molecule has 1 aliphatic heterocycles. The normalized spacial score (nSPS) is 17.0. The second-order valence-electron chi connectivity index (χ2n) is 6.09. The van der Waals surface area contributed by atoms with Crippen LogP contribution in [0.3, 0.4) is 0 Å². The van der Waals surface area contributed by atoms with Crippen LogP contribution in [0.4, 0.5) is 0 Å². The number of hydrogen-bond acceptors (Lipinski definition) is 5. The van der Waals surface area contributed by atoms with Gasteiger partial charge in [0.1, 0.15) is 5.82 Å². The molecule has 0 fully saturated rings. The second kappa shape index (κ2) is 6.52. The lowest BCUT2D eigenvalue weighted by Gasteiger charge is -2.23. The number of nitrogens with one attached hydrogen (secondary N) is 1. The number of benzene rings is 1. The van der Waals surface area contributed by atoms with E-state index in [0.717, 1.165) is 48.8 Å². The Morgan fingerprint density at radius 1 is 1.25 bits per heavy atom. The molecular formula is C17H21N7. The number of aryl methyl sites for hydroxylation is 2. The Morgan fingerprint density at radius 2 is 2.12 bits per heavy atom. The van der Waals surface area contributed by atoms with E-state index in [1.807, 2.05) is 41.2 Å². The highest BCUT2D eigenvalue weighted by Crippen LogP contribution is 2.14. The Kier molecular flexibility index (Phi) is 4.08. The summed E-state index contributed by atoms with van der Waals surface area (Å²) in [6.45, 7) is 3.67. The summed E-state index contributed by atoms with van der Waals surface area (Å²) in [5.74, 6) is 2.05. The third-order valence-electron chi connectivity index (χ3n) is 4.35. The number of para-hydroxylation sites is 1. The van der Waals surface area contributed by atoms with Crippen LogP contribution in [0.1, 0.15) is 30.7 Å². The van der Waals surface area contributed by atoms with Gasteiger partial charge >= 0.3 is 0 Å². The van der Waals surface area contributed by atoms with Gasteiger partial charge in [0.15, 0.2) is 5.82 Å². The highest BCUT2D eigenvalue weighted by molar-refractivity contribution is 5.29. The molecule has 7 nitrogen and oxygen atoms in total. The quantitative estimate of drug-likeness (QED) is 0.771. The van der Waals surface area contributed by atoms with Crippen LogP contribution in [0.5, 0.6) is 0 Å². The van der Waals surface area contributed by atoms with Crippen LogP contribution in [0.25, 0.3) is 5.69 Å². The van der Waals surface area contributed by atoms with Crippen molar-refractivity contribution in [3.63, 3.8) is 0 Å². The molecule has 1 aromatic carbocycles. The molecule has 3 heterocycles. The molecule has 0 amide bonds. The molecule has 1 aliphatic rings. The lowest BCUT2D eigenvalue weighted by atomic mass is 10.1. The van der Waals surface area contributed by atoms with Crippen LogP contribution in [-0.2, 0) is 25.9 Å². The van der Waals surface area contributed by atoms with Crippen molar-refractivity contribution in [2.24, 2.45) is 0 Å². The predicted octanol–water partition coefficient (Wildman–Crippen LogP) is 1.53. The molecule has 1 N–H and O–H groups in total. The Bertz CT molecular complexity index is 805. The SMILES string of the molecule is CCc1nc2n(n1)C[C@@H](NCc1cn(-c3ccccc3)nn1)CC2. The first-order valence-electron chi connectivity index (χ1n) is 8.44. The fourth-order valence-corrected chi connectivity index (χ4v) is 3.01. The highest BCUT2D eigenvalue weighted by atomic mass is 15.4. The summed E-state index contributed by atoms with van der Waals surface area (Å²) in [5.41, 5.74) is 1.96. The summed E-state index contributed by atoms with van der Waals surface area (Å²) in [5, 5.41) is 16.6. The number of aromatic nitrogens is 6. The van der Waals surface area contributed by atoms with Crippen molar-refractivity contribution in [3.8, 4) is 5.69 Å². The molecular weight excluding hydrogens is 302 g/mol. The minimum absolute atomic E-state index is 0.394. The van der Waals surface area contributed by atoms with E-state index in [1.165, 1.54) is 0 Å². The number of rotatable bonds is 5. The Labute approximate surface area is 140 Å². The molecule has 24 heavy (non-hydrogen) atoms. The van der Waals surface area contributed by atoms with Gasteiger partial charge in [-0.05, 0) is 18.6 Å². The molecule has 4 rings (SSSR count). The van der Waals surface area contributed by atoms with Gasteiger partial charge in [-0.1, -0.05) is 30.3 Å². The Morgan fingerprint density at radius 3 is 2.96 bits per heavy atom. The fourth-order valence-electron chi connectivity index (χ4n) is 3.01. The summed E-state index contributed by atoms with van der Waals surface area (Å²) in [4.78, 5) is 4.56. The van der Waals surface area contributed by atoms with Gasteiger partial charge in [0, 0.05) is 25.4 Å². The van der Waals surface area contributed by atoms with Crippen LogP contribution >= 0.6 is 0 Å². The first-order valence-corrected chi connectivity index (χ1v) is 8.44. The molecule has 0 radical (unpaired) electrons. The lowest BCUT2D eigenvalue weighted by Crippen LogP contribution is -2.37. The third kappa shape index (κ3) is 3.07. The van der Waals surface area contributed by atoms with Crippen molar-refractivity contribution in [2.75, 3.05) is 0 Å². The molecule has 2 aromatic heterocycles. The third-order valence-corrected chi connectivity index (χ3v) is 4.35. The summed E-state index contributed by atoms with van der Waals surface area (Å²) in [6, 6.07) is 10.4. The summed E-state index contributed by atoms with van der Waals surface area (Å²) < 4.78 is 3.85. The number of fused-ring (bicyclic) bond motifs is 1. The van der Waals surface area contributed by atoms with Crippen LogP contribution in [-0.4, -0.2) is 35.8 Å². The zero-order valence-corrected chi connectivity index (χ0v) is 13.8.